The highest BCUT2D eigenvalue weighted by molar-refractivity contribution is 7.19. The zero-order valence-electron chi connectivity index (χ0n) is 19.8. The van der Waals surface area contributed by atoms with Gasteiger partial charge in [0, 0.05) is 49.7 Å². The van der Waals surface area contributed by atoms with E-state index in [9.17, 15) is 4.79 Å². The van der Waals surface area contributed by atoms with E-state index in [4.69, 9.17) is 14.5 Å². The van der Waals surface area contributed by atoms with Crippen LogP contribution in [0.1, 0.15) is 33.8 Å². The van der Waals surface area contributed by atoms with E-state index in [1.807, 2.05) is 37.6 Å². The molecule has 1 saturated heterocycles. The number of thiophene rings is 1. The minimum Gasteiger partial charge on any atom is -0.462 e. The molecule has 1 aliphatic heterocycles. The summed E-state index contributed by atoms with van der Waals surface area (Å²) >= 11 is 1.64. The van der Waals surface area contributed by atoms with Crippen molar-refractivity contribution in [2.45, 2.75) is 19.6 Å². The fraction of sp³-hybridized carbons (Fsp3) is 0.391. The smallest absolute Gasteiger partial charge is 0.341 e. The minimum absolute atomic E-state index is 0.0568. The molecule has 4 aromatic rings. The molecular formula is C23H26N8O3S. The van der Waals surface area contributed by atoms with Crippen LogP contribution in [0.25, 0.3) is 10.2 Å². The molecule has 0 radical (unpaired) electrons. The van der Waals surface area contributed by atoms with Crippen molar-refractivity contribution < 1.29 is 14.3 Å². The van der Waals surface area contributed by atoms with Crippen molar-refractivity contribution >= 4 is 39.4 Å². The summed E-state index contributed by atoms with van der Waals surface area (Å²) in [6.45, 7) is 4.70. The van der Waals surface area contributed by atoms with Gasteiger partial charge in [-0.1, -0.05) is 0 Å². The van der Waals surface area contributed by atoms with Crippen LogP contribution in [0.4, 0.5) is 11.9 Å². The van der Waals surface area contributed by atoms with E-state index in [1.54, 1.807) is 22.9 Å². The number of carbonyl (C=O) groups excluding carboxylic acids is 1. The van der Waals surface area contributed by atoms with Crippen LogP contribution >= 0.6 is 11.3 Å². The van der Waals surface area contributed by atoms with Gasteiger partial charge in [-0.2, -0.15) is 5.10 Å². The third-order valence-corrected chi connectivity index (χ3v) is 6.68. The van der Waals surface area contributed by atoms with Crippen molar-refractivity contribution in [3.05, 3.63) is 53.1 Å². The number of anilines is 2. The lowest BCUT2D eigenvalue weighted by Crippen LogP contribution is -2.39. The molecule has 35 heavy (non-hydrogen) atoms. The Labute approximate surface area is 206 Å². The quantitative estimate of drug-likeness (QED) is 0.355. The summed E-state index contributed by atoms with van der Waals surface area (Å²) < 4.78 is 13.7. The van der Waals surface area contributed by atoms with Crippen LogP contribution in [-0.4, -0.2) is 69.0 Å². The number of nitrogens with zero attached hydrogens (tertiary/aromatic N) is 8. The molecule has 0 spiro atoms. The molecule has 1 fully saturated rings. The van der Waals surface area contributed by atoms with Gasteiger partial charge in [-0.05, 0) is 13.0 Å². The first-order chi connectivity index (χ1) is 17.0. The summed E-state index contributed by atoms with van der Waals surface area (Å²) in [7, 11) is 3.81. The van der Waals surface area contributed by atoms with Crippen LogP contribution in [0, 0.1) is 0 Å². The second-order valence-electron chi connectivity index (χ2n) is 8.23. The number of aryl methyl sites for hydroxylation is 1. The molecule has 5 heterocycles. The third-order valence-electron chi connectivity index (χ3n) is 5.64. The SMILES string of the molecule is CCOC(=O)c1cnc(N(C)Cc2cc3nc(N4CCOC(c5cnn(C)c5)C4)ncc3s2)nc1. The van der Waals surface area contributed by atoms with Gasteiger partial charge in [-0.25, -0.2) is 24.7 Å². The van der Waals surface area contributed by atoms with E-state index in [0.717, 1.165) is 27.2 Å². The zero-order valence-corrected chi connectivity index (χ0v) is 20.6. The number of carbonyl (C=O) groups is 1. The molecule has 1 unspecified atom stereocenters. The van der Waals surface area contributed by atoms with Crippen LogP contribution in [0.3, 0.4) is 0 Å². The zero-order chi connectivity index (χ0) is 24.4. The molecule has 1 atom stereocenters. The topological polar surface area (TPSA) is 111 Å². The van der Waals surface area contributed by atoms with Crippen LogP contribution in [0.5, 0.6) is 0 Å². The molecule has 12 heteroatoms. The Bertz CT molecular complexity index is 1320. The molecule has 5 rings (SSSR count). The van der Waals surface area contributed by atoms with Gasteiger partial charge in [0.05, 0.1) is 54.5 Å². The second kappa shape index (κ2) is 9.92. The van der Waals surface area contributed by atoms with Gasteiger partial charge in [-0.3, -0.25) is 4.68 Å². The van der Waals surface area contributed by atoms with Crippen molar-refractivity contribution in [2.75, 3.05) is 43.2 Å². The summed E-state index contributed by atoms with van der Waals surface area (Å²) in [6, 6.07) is 2.08. The predicted molar refractivity (Wildman–Crippen MR) is 132 cm³/mol. The summed E-state index contributed by atoms with van der Waals surface area (Å²) in [5, 5.41) is 4.25. The summed E-state index contributed by atoms with van der Waals surface area (Å²) in [6.07, 6.45) is 8.62. The van der Waals surface area contributed by atoms with E-state index in [-0.39, 0.29) is 6.10 Å². The van der Waals surface area contributed by atoms with E-state index in [0.29, 0.717) is 43.8 Å². The molecule has 11 nitrogen and oxygen atoms in total. The Hall–Kier alpha value is -3.64. The normalized spacial score (nSPS) is 16.0. The Kier molecular flexibility index (Phi) is 6.55. The monoisotopic (exact) mass is 494 g/mol. The maximum Gasteiger partial charge on any atom is 0.341 e. The predicted octanol–water partition coefficient (Wildman–Crippen LogP) is 2.61. The Morgan fingerprint density at radius 2 is 2.09 bits per heavy atom. The Morgan fingerprint density at radius 1 is 1.26 bits per heavy atom. The van der Waals surface area contributed by atoms with Gasteiger partial charge < -0.3 is 19.3 Å². The third kappa shape index (κ3) is 5.08. The van der Waals surface area contributed by atoms with Crippen molar-refractivity contribution in [3.8, 4) is 0 Å². The lowest BCUT2D eigenvalue weighted by molar-refractivity contribution is 0.0392. The number of morpholine rings is 1. The van der Waals surface area contributed by atoms with Gasteiger partial charge in [0.1, 0.15) is 6.10 Å². The highest BCUT2D eigenvalue weighted by Crippen LogP contribution is 2.29. The number of ether oxygens (including phenoxy) is 2. The van der Waals surface area contributed by atoms with Crippen LogP contribution < -0.4 is 9.80 Å². The lowest BCUT2D eigenvalue weighted by Gasteiger charge is -2.32. The van der Waals surface area contributed by atoms with Crippen LogP contribution in [0.2, 0.25) is 0 Å². The molecule has 182 valence electrons. The lowest BCUT2D eigenvalue weighted by atomic mass is 10.1. The molecular weight excluding hydrogens is 468 g/mol. The average Bonchev–Trinajstić information content (AvgIpc) is 3.49. The van der Waals surface area contributed by atoms with Gasteiger partial charge in [0.25, 0.3) is 0 Å². The molecule has 0 aromatic carbocycles. The maximum atomic E-state index is 11.8. The molecule has 0 N–H and O–H groups in total. The standard InChI is InChI=1S/C23H26N8O3S/c1-4-33-21(32)15-8-24-22(25-9-15)29(2)13-17-7-18-20(35-17)11-26-23(28-18)31-5-6-34-19(14-31)16-10-27-30(3)12-16/h7-12,19H,4-6,13-14H2,1-3H3. The summed E-state index contributed by atoms with van der Waals surface area (Å²) in [4.78, 5) is 35.1. The van der Waals surface area contributed by atoms with Crippen LogP contribution in [0.15, 0.2) is 37.1 Å². The first-order valence-electron chi connectivity index (χ1n) is 11.3. The second-order valence-corrected chi connectivity index (χ2v) is 9.40. The number of aromatic nitrogens is 6. The number of hydrogen-bond donors (Lipinski definition) is 0. The van der Waals surface area contributed by atoms with Gasteiger partial charge in [0.2, 0.25) is 11.9 Å². The van der Waals surface area contributed by atoms with E-state index in [2.05, 4.69) is 31.0 Å². The van der Waals surface area contributed by atoms with Crippen LogP contribution in [-0.2, 0) is 23.1 Å². The highest BCUT2D eigenvalue weighted by atomic mass is 32.1. The molecule has 0 bridgehead atoms. The molecule has 1 aliphatic rings. The van der Waals surface area contributed by atoms with Crippen molar-refractivity contribution in [3.63, 3.8) is 0 Å². The summed E-state index contributed by atoms with van der Waals surface area (Å²) in [5.41, 5.74) is 2.30. The van der Waals surface area contributed by atoms with Crippen molar-refractivity contribution in [1.82, 2.24) is 29.7 Å². The number of rotatable bonds is 7. The Morgan fingerprint density at radius 3 is 2.83 bits per heavy atom. The van der Waals surface area contributed by atoms with Gasteiger partial charge in [-0.15, -0.1) is 11.3 Å². The Balaban J connectivity index is 1.27. The molecule has 0 saturated carbocycles. The first-order valence-corrected chi connectivity index (χ1v) is 12.1. The number of hydrogen-bond acceptors (Lipinski definition) is 11. The molecule has 0 aliphatic carbocycles. The van der Waals surface area contributed by atoms with E-state index in [1.165, 1.54) is 12.4 Å². The largest absolute Gasteiger partial charge is 0.462 e. The summed E-state index contributed by atoms with van der Waals surface area (Å²) in [5.74, 6) is 0.801. The highest BCUT2D eigenvalue weighted by Gasteiger charge is 2.25. The van der Waals surface area contributed by atoms with Gasteiger partial charge in [0.15, 0.2) is 0 Å². The fourth-order valence-corrected chi connectivity index (χ4v) is 4.92. The first kappa shape index (κ1) is 23.1. The average molecular weight is 495 g/mol. The number of fused-ring (bicyclic) bond motifs is 1. The van der Waals surface area contributed by atoms with Crippen molar-refractivity contribution in [1.29, 1.82) is 0 Å². The van der Waals surface area contributed by atoms with Crippen molar-refractivity contribution in [2.24, 2.45) is 7.05 Å². The maximum absolute atomic E-state index is 11.8. The van der Waals surface area contributed by atoms with E-state index >= 15 is 0 Å². The van der Waals surface area contributed by atoms with E-state index < -0.39 is 5.97 Å². The molecule has 0 amide bonds. The fourth-order valence-electron chi connectivity index (χ4n) is 3.89. The molecule has 4 aromatic heterocycles. The minimum atomic E-state index is -0.424. The van der Waals surface area contributed by atoms with Gasteiger partial charge >= 0.3 is 5.97 Å². The number of esters is 1.